The Bertz CT molecular complexity index is 654. The predicted molar refractivity (Wildman–Crippen MR) is 86.3 cm³/mol. The second-order valence-corrected chi connectivity index (χ2v) is 7.59. The smallest absolute Gasteiger partial charge is 0.273 e. The number of hydrogen-bond acceptors (Lipinski definition) is 6. The van der Waals surface area contributed by atoms with Gasteiger partial charge in [0.1, 0.15) is 17.0 Å². The van der Waals surface area contributed by atoms with Gasteiger partial charge in [-0.25, -0.2) is 4.98 Å². The fourth-order valence-electron chi connectivity index (χ4n) is 2.97. The van der Waals surface area contributed by atoms with Crippen LogP contribution in [0.25, 0.3) is 10.6 Å². The summed E-state index contributed by atoms with van der Waals surface area (Å²) < 4.78 is 10.6. The van der Waals surface area contributed by atoms with Gasteiger partial charge in [-0.2, -0.15) is 11.8 Å². The summed E-state index contributed by atoms with van der Waals surface area (Å²) in [5.41, 5.74) is 1.46. The number of carbonyl (C=O) groups excluding carboxylic acids is 1. The van der Waals surface area contributed by atoms with Crippen molar-refractivity contribution >= 4 is 29.0 Å². The molecule has 0 spiro atoms. The number of rotatable bonds is 2. The molecule has 2 fully saturated rings. The summed E-state index contributed by atoms with van der Waals surface area (Å²) in [7, 11) is 0. The number of aromatic nitrogens is 1. The molecule has 0 radical (unpaired) electrons. The van der Waals surface area contributed by atoms with E-state index >= 15 is 0 Å². The number of hydrogen-bond donors (Lipinski definition) is 0. The van der Waals surface area contributed by atoms with Gasteiger partial charge in [0.15, 0.2) is 0 Å². The first-order valence-corrected chi connectivity index (χ1v) is 9.24. The van der Waals surface area contributed by atoms with Gasteiger partial charge < -0.3 is 14.1 Å². The Morgan fingerprint density at radius 3 is 3.27 bits per heavy atom. The van der Waals surface area contributed by atoms with Crippen molar-refractivity contribution in [1.82, 2.24) is 9.88 Å². The molecule has 0 N–H and O–H groups in total. The van der Waals surface area contributed by atoms with Crippen LogP contribution in [0.1, 0.15) is 16.9 Å². The fraction of sp³-hybridized carbons (Fsp3) is 0.467. The van der Waals surface area contributed by atoms with Crippen molar-refractivity contribution < 1.29 is 13.9 Å². The third-order valence-corrected chi connectivity index (χ3v) is 6.27. The van der Waals surface area contributed by atoms with Crippen molar-refractivity contribution in [2.75, 3.05) is 25.5 Å². The summed E-state index contributed by atoms with van der Waals surface area (Å²) in [6, 6.07) is 2.14. The van der Waals surface area contributed by atoms with Crippen molar-refractivity contribution in [3.8, 4) is 10.6 Å². The van der Waals surface area contributed by atoms with Crippen LogP contribution < -0.4 is 0 Å². The van der Waals surface area contributed by atoms with E-state index in [9.17, 15) is 4.79 Å². The van der Waals surface area contributed by atoms with E-state index in [-0.39, 0.29) is 11.9 Å². The molecule has 0 aliphatic carbocycles. The first-order valence-electron chi connectivity index (χ1n) is 7.31. The zero-order valence-electron chi connectivity index (χ0n) is 11.9. The van der Waals surface area contributed by atoms with Crippen LogP contribution in [-0.4, -0.2) is 52.6 Å². The van der Waals surface area contributed by atoms with Gasteiger partial charge in [0.25, 0.3) is 5.91 Å². The Hall–Kier alpha value is -1.31. The SMILES string of the molecule is O=C(c1csc(-c2ccoc2)n1)N1CCSC2COCCC21. The van der Waals surface area contributed by atoms with Crippen LogP contribution in [0, 0.1) is 0 Å². The number of nitrogens with zero attached hydrogens (tertiary/aromatic N) is 2. The van der Waals surface area contributed by atoms with Crippen LogP contribution >= 0.6 is 23.1 Å². The standard InChI is InChI=1S/C15H16N2O3S2/c18-15(11-9-22-14(16-11)10-1-4-19-7-10)17-3-6-21-13-8-20-5-2-12(13)17/h1,4,7,9,12-13H,2-3,5-6,8H2. The topological polar surface area (TPSA) is 55.6 Å². The summed E-state index contributed by atoms with van der Waals surface area (Å²) in [5.74, 6) is 1.01. The number of furan rings is 1. The van der Waals surface area contributed by atoms with E-state index in [1.165, 1.54) is 11.3 Å². The molecule has 2 saturated heterocycles. The number of thiazole rings is 1. The van der Waals surface area contributed by atoms with E-state index in [4.69, 9.17) is 9.15 Å². The molecular weight excluding hydrogens is 320 g/mol. The summed E-state index contributed by atoms with van der Waals surface area (Å²) in [4.78, 5) is 19.3. The zero-order valence-corrected chi connectivity index (χ0v) is 13.6. The molecule has 2 aliphatic rings. The van der Waals surface area contributed by atoms with Gasteiger partial charge >= 0.3 is 0 Å². The molecule has 0 saturated carbocycles. The molecule has 22 heavy (non-hydrogen) atoms. The van der Waals surface area contributed by atoms with Gasteiger partial charge in [0.05, 0.1) is 12.9 Å². The molecule has 2 aliphatic heterocycles. The highest BCUT2D eigenvalue weighted by Gasteiger charge is 2.37. The van der Waals surface area contributed by atoms with Crippen LogP contribution in [0.5, 0.6) is 0 Å². The van der Waals surface area contributed by atoms with Gasteiger partial charge in [-0.05, 0) is 12.5 Å². The molecule has 5 nitrogen and oxygen atoms in total. The summed E-state index contributed by atoms with van der Waals surface area (Å²) >= 11 is 3.40. The Morgan fingerprint density at radius 2 is 2.41 bits per heavy atom. The van der Waals surface area contributed by atoms with E-state index in [0.29, 0.717) is 10.9 Å². The molecule has 0 aromatic carbocycles. The lowest BCUT2D eigenvalue weighted by Gasteiger charge is -2.43. The van der Waals surface area contributed by atoms with Crippen LogP contribution in [0.3, 0.4) is 0 Å². The summed E-state index contributed by atoms with van der Waals surface area (Å²) in [5, 5.41) is 3.08. The number of fused-ring (bicyclic) bond motifs is 1. The number of thioether (sulfide) groups is 1. The van der Waals surface area contributed by atoms with Crippen molar-refractivity contribution in [3.63, 3.8) is 0 Å². The minimum absolute atomic E-state index is 0.0446. The minimum atomic E-state index is 0.0446. The van der Waals surface area contributed by atoms with Gasteiger partial charge in [-0.3, -0.25) is 4.79 Å². The second kappa shape index (κ2) is 6.06. The Balaban J connectivity index is 1.56. The zero-order chi connectivity index (χ0) is 14.9. The van der Waals surface area contributed by atoms with E-state index in [1.54, 1.807) is 12.5 Å². The van der Waals surface area contributed by atoms with Crippen molar-refractivity contribution in [2.24, 2.45) is 0 Å². The Labute approximate surface area is 136 Å². The minimum Gasteiger partial charge on any atom is -0.472 e. The highest BCUT2D eigenvalue weighted by Crippen LogP contribution is 2.32. The second-order valence-electron chi connectivity index (χ2n) is 5.39. The molecule has 2 aromatic heterocycles. The summed E-state index contributed by atoms with van der Waals surface area (Å²) in [6.07, 6.45) is 4.19. The van der Waals surface area contributed by atoms with Crippen LogP contribution in [0.15, 0.2) is 28.4 Å². The molecule has 4 rings (SSSR count). The van der Waals surface area contributed by atoms with E-state index in [1.807, 2.05) is 28.1 Å². The highest BCUT2D eigenvalue weighted by molar-refractivity contribution is 8.00. The third kappa shape index (κ3) is 2.57. The predicted octanol–water partition coefficient (Wildman–Crippen LogP) is 2.75. The number of carbonyl (C=O) groups is 1. The quantitative estimate of drug-likeness (QED) is 0.844. The molecule has 7 heteroatoms. The summed E-state index contributed by atoms with van der Waals surface area (Å²) in [6.45, 7) is 2.28. The highest BCUT2D eigenvalue weighted by atomic mass is 32.2. The van der Waals surface area contributed by atoms with Gasteiger partial charge in [-0.1, -0.05) is 0 Å². The molecular formula is C15H16N2O3S2. The van der Waals surface area contributed by atoms with Crippen molar-refractivity contribution in [3.05, 3.63) is 29.7 Å². The third-order valence-electron chi connectivity index (χ3n) is 4.09. The number of ether oxygens (including phenoxy) is 1. The van der Waals surface area contributed by atoms with E-state index in [0.717, 1.165) is 42.5 Å². The van der Waals surface area contributed by atoms with E-state index in [2.05, 4.69) is 4.98 Å². The maximum absolute atomic E-state index is 12.8. The average Bonchev–Trinajstić information content (AvgIpc) is 3.24. The monoisotopic (exact) mass is 336 g/mol. The molecule has 1 amide bonds. The van der Waals surface area contributed by atoms with Crippen LogP contribution in [-0.2, 0) is 4.74 Å². The Morgan fingerprint density at radius 1 is 1.45 bits per heavy atom. The van der Waals surface area contributed by atoms with Gasteiger partial charge in [0, 0.05) is 41.1 Å². The largest absolute Gasteiger partial charge is 0.472 e. The van der Waals surface area contributed by atoms with Gasteiger partial charge in [-0.15, -0.1) is 11.3 Å². The first kappa shape index (κ1) is 14.3. The Kier molecular flexibility index (Phi) is 3.94. The molecule has 2 atom stereocenters. The molecule has 0 bridgehead atoms. The molecule has 116 valence electrons. The maximum atomic E-state index is 12.8. The maximum Gasteiger partial charge on any atom is 0.273 e. The van der Waals surface area contributed by atoms with Gasteiger partial charge in [0.2, 0.25) is 0 Å². The lowest BCUT2D eigenvalue weighted by atomic mass is 10.1. The van der Waals surface area contributed by atoms with E-state index < -0.39 is 0 Å². The number of amides is 1. The molecule has 2 unspecified atom stereocenters. The van der Waals surface area contributed by atoms with Crippen LogP contribution in [0.4, 0.5) is 0 Å². The lowest BCUT2D eigenvalue weighted by Crippen LogP contribution is -2.54. The fourth-order valence-corrected chi connectivity index (χ4v) is 5.06. The van der Waals surface area contributed by atoms with Crippen LogP contribution in [0.2, 0.25) is 0 Å². The normalized spacial score (nSPS) is 25.0. The average molecular weight is 336 g/mol. The lowest BCUT2D eigenvalue weighted by molar-refractivity contribution is 0.0316. The molecule has 2 aromatic rings. The molecule has 4 heterocycles. The first-order chi connectivity index (χ1) is 10.8. The van der Waals surface area contributed by atoms with Crippen molar-refractivity contribution in [1.29, 1.82) is 0 Å². The van der Waals surface area contributed by atoms with Crippen molar-refractivity contribution in [2.45, 2.75) is 17.7 Å².